The number of benzene rings is 1. The molecule has 0 atom stereocenters. The first-order valence-corrected chi connectivity index (χ1v) is 11.5. The van der Waals surface area contributed by atoms with E-state index < -0.39 is 11.9 Å². The molecule has 0 unspecified atom stereocenters. The van der Waals surface area contributed by atoms with E-state index in [1.54, 1.807) is 23.1 Å². The molecular weight excluding hydrogens is 443 g/mol. The van der Waals surface area contributed by atoms with Crippen LogP contribution in [-0.2, 0) is 11.0 Å². The first kappa shape index (κ1) is 22.7. The fraction of sp³-hybridized carbons (Fsp3) is 0.500. The Bertz CT molecular complexity index is 981. The van der Waals surface area contributed by atoms with Gasteiger partial charge >= 0.3 is 6.18 Å². The molecule has 0 bridgehead atoms. The Hall–Kier alpha value is -2.49. The minimum atomic E-state index is -4.61. The van der Waals surface area contributed by atoms with Gasteiger partial charge < -0.3 is 14.4 Å². The molecule has 0 saturated heterocycles. The molecule has 10 heteroatoms. The van der Waals surface area contributed by atoms with Crippen LogP contribution in [0.5, 0.6) is 11.5 Å². The number of thioether (sulfide) groups is 1. The fourth-order valence-corrected chi connectivity index (χ4v) is 4.70. The van der Waals surface area contributed by atoms with Crippen LogP contribution in [-0.4, -0.2) is 46.4 Å². The second-order valence-corrected chi connectivity index (χ2v) is 8.94. The SMILES string of the molecule is CN(C(=O)CCSc1nc(-c2ccc3c(c2)OCO3)cc(C(F)(F)F)n1)C1CCCCC1. The molecule has 1 aliphatic heterocycles. The predicted octanol–water partition coefficient (Wildman–Crippen LogP) is 5.16. The van der Waals surface area contributed by atoms with Crippen LogP contribution in [0.3, 0.4) is 0 Å². The van der Waals surface area contributed by atoms with Crippen molar-refractivity contribution in [3.05, 3.63) is 30.0 Å². The van der Waals surface area contributed by atoms with Crippen molar-refractivity contribution in [2.24, 2.45) is 0 Å². The summed E-state index contributed by atoms with van der Waals surface area (Å²) < 4.78 is 50.9. The summed E-state index contributed by atoms with van der Waals surface area (Å²) in [4.78, 5) is 22.3. The normalized spacial score (nSPS) is 16.2. The number of aromatic nitrogens is 2. The van der Waals surface area contributed by atoms with Gasteiger partial charge in [0.2, 0.25) is 12.7 Å². The second-order valence-electron chi connectivity index (χ2n) is 7.88. The summed E-state index contributed by atoms with van der Waals surface area (Å²) in [5.41, 5.74) is -0.413. The maximum Gasteiger partial charge on any atom is 0.433 e. The Kier molecular flexibility index (Phi) is 6.78. The number of halogens is 3. The third-order valence-corrected chi connectivity index (χ3v) is 6.58. The van der Waals surface area contributed by atoms with Crippen molar-refractivity contribution >= 4 is 17.7 Å². The van der Waals surface area contributed by atoms with Gasteiger partial charge in [0.1, 0.15) is 5.69 Å². The van der Waals surface area contributed by atoms with Crippen LogP contribution in [0, 0.1) is 0 Å². The second kappa shape index (κ2) is 9.56. The molecule has 1 aromatic carbocycles. The topological polar surface area (TPSA) is 64.6 Å². The van der Waals surface area contributed by atoms with Gasteiger partial charge in [0.05, 0.1) is 5.69 Å². The van der Waals surface area contributed by atoms with Crippen molar-refractivity contribution in [2.75, 3.05) is 19.6 Å². The van der Waals surface area contributed by atoms with E-state index in [0.29, 0.717) is 22.8 Å². The highest BCUT2D eigenvalue weighted by atomic mass is 32.2. The number of carbonyl (C=O) groups is 1. The number of hydrogen-bond acceptors (Lipinski definition) is 6. The zero-order valence-corrected chi connectivity index (χ0v) is 18.5. The summed E-state index contributed by atoms with van der Waals surface area (Å²) in [5.74, 6) is 1.29. The van der Waals surface area contributed by atoms with Crippen LogP contribution >= 0.6 is 11.8 Å². The number of nitrogens with zero attached hydrogens (tertiary/aromatic N) is 3. The molecule has 172 valence electrons. The molecule has 1 aromatic heterocycles. The van der Waals surface area contributed by atoms with Gasteiger partial charge in [0, 0.05) is 30.8 Å². The Morgan fingerprint density at radius 2 is 1.88 bits per heavy atom. The number of amides is 1. The van der Waals surface area contributed by atoms with Gasteiger partial charge in [-0.1, -0.05) is 31.0 Å². The van der Waals surface area contributed by atoms with Gasteiger partial charge in [-0.2, -0.15) is 13.2 Å². The highest BCUT2D eigenvalue weighted by Crippen LogP contribution is 2.37. The Morgan fingerprint density at radius 1 is 1.12 bits per heavy atom. The predicted molar refractivity (Wildman–Crippen MR) is 114 cm³/mol. The number of hydrogen-bond donors (Lipinski definition) is 0. The molecule has 1 fully saturated rings. The van der Waals surface area contributed by atoms with Crippen LogP contribution in [0.2, 0.25) is 0 Å². The maximum atomic E-state index is 13.4. The average molecular weight is 468 g/mol. The van der Waals surface area contributed by atoms with Crippen LogP contribution in [0.1, 0.15) is 44.2 Å². The Labute approximate surface area is 188 Å². The third kappa shape index (κ3) is 5.28. The van der Waals surface area contributed by atoms with Crippen LogP contribution in [0.25, 0.3) is 11.3 Å². The van der Waals surface area contributed by atoms with Crippen molar-refractivity contribution < 1.29 is 27.4 Å². The first-order chi connectivity index (χ1) is 15.3. The number of carbonyl (C=O) groups excluding carboxylic acids is 1. The summed E-state index contributed by atoms with van der Waals surface area (Å²) in [6.45, 7) is 0.0702. The molecule has 32 heavy (non-hydrogen) atoms. The van der Waals surface area contributed by atoms with Crippen LogP contribution < -0.4 is 9.47 Å². The van der Waals surface area contributed by atoms with E-state index in [2.05, 4.69) is 9.97 Å². The van der Waals surface area contributed by atoms with E-state index in [4.69, 9.17) is 9.47 Å². The summed E-state index contributed by atoms with van der Waals surface area (Å²) >= 11 is 1.05. The third-order valence-electron chi connectivity index (χ3n) is 5.73. The molecule has 0 radical (unpaired) electrons. The van der Waals surface area contributed by atoms with E-state index in [-0.39, 0.29) is 36.0 Å². The Morgan fingerprint density at radius 3 is 2.62 bits per heavy atom. The summed E-state index contributed by atoms with van der Waals surface area (Å²) in [6.07, 6.45) is 1.06. The Balaban J connectivity index is 1.47. The molecule has 0 N–H and O–H groups in total. The van der Waals surface area contributed by atoms with Gasteiger partial charge in [-0.05, 0) is 37.1 Å². The van der Waals surface area contributed by atoms with E-state index in [9.17, 15) is 18.0 Å². The standard InChI is InChI=1S/C22H24F3N3O3S/c1-28(15-5-3-2-4-6-15)20(29)9-10-32-21-26-16(12-19(27-21)22(23,24)25)14-7-8-17-18(11-14)31-13-30-17/h7-8,11-12,15H,2-6,9-10,13H2,1H3. The van der Waals surface area contributed by atoms with Crippen molar-refractivity contribution in [1.29, 1.82) is 0 Å². The lowest BCUT2D eigenvalue weighted by atomic mass is 9.94. The van der Waals surface area contributed by atoms with Crippen molar-refractivity contribution in [3.63, 3.8) is 0 Å². The molecule has 2 aromatic rings. The van der Waals surface area contributed by atoms with E-state index in [1.165, 1.54) is 6.42 Å². The smallest absolute Gasteiger partial charge is 0.433 e. The highest BCUT2D eigenvalue weighted by molar-refractivity contribution is 7.99. The zero-order valence-electron chi connectivity index (χ0n) is 17.7. The molecule has 0 spiro atoms. The van der Waals surface area contributed by atoms with Gasteiger partial charge in [-0.3, -0.25) is 4.79 Å². The maximum absolute atomic E-state index is 13.4. The van der Waals surface area contributed by atoms with Crippen LogP contribution in [0.4, 0.5) is 13.2 Å². The van der Waals surface area contributed by atoms with Gasteiger partial charge in [-0.15, -0.1) is 0 Å². The summed E-state index contributed by atoms with van der Waals surface area (Å²) in [5, 5.41) is -0.0133. The lowest BCUT2D eigenvalue weighted by molar-refractivity contribution is -0.141. The average Bonchev–Trinajstić information content (AvgIpc) is 3.26. The molecule has 1 saturated carbocycles. The number of rotatable bonds is 6. The summed E-state index contributed by atoms with van der Waals surface area (Å²) in [7, 11) is 1.81. The number of alkyl halides is 3. The van der Waals surface area contributed by atoms with Crippen molar-refractivity contribution in [3.8, 4) is 22.8 Å². The molecule has 6 nitrogen and oxygen atoms in total. The number of fused-ring (bicyclic) bond motifs is 1. The minimum Gasteiger partial charge on any atom is -0.454 e. The fourth-order valence-electron chi connectivity index (χ4n) is 3.92. The molecule has 2 heterocycles. The number of ether oxygens (including phenoxy) is 2. The highest BCUT2D eigenvalue weighted by Gasteiger charge is 2.34. The monoisotopic (exact) mass is 467 g/mol. The van der Waals surface area contributed by atoms with E-state index in [0.717, 1.165) is 43.5 Å². The van der Waals surface area contributed by atoms with Gasteiger partial charge in [-0.25, -0.2) is 9.97 Å². The lowest BCUT2D eigenvalue weighted by Crippen LogP contribution is -2.38. The zero-order chi connectivity index (χ0) is 22.7. The quantitative estimate of drug-likeness (QED) is 0.432. The van der Waals surface area contributed by atoms with E-state index >= 15 is 0 Å². The van der Waals surface area contributed by atoms with Crippen LogP contribution in [0.15, 0.2) is 29.4 Å². The van der Waals surface area contributed by atoms with Crippen molar-refractivity contribution in [2.45, 2.75) is 55.9 Å². The lowest BCUT2D eigenvalue weighted by Gasteiger charge is -2.31. The summed E-state index contributed by atoms with van der Waals surface area (Å²) in [6, 6.07) is 6.04. The first-order valence-electron chi connectivity index (χ1n) is 10.6. The molecule has 4 rings (SSSR count). The molecular formula is C22H24F3N3O3S. The van der Waals surface area contributed by atoms with Gasteiger partial charge in [0.15, 0.2) is 16.7 Å². The largest absolute Gasteiger partial charge is 0.454 e. The molecule has 2 aliphatic rings. The van der Waals surface area contributed by atoms with Crippen molar-refractivity contribution in [1.82, 2.24) is 14.9 Å². The molecule has 1 amide bonds. The minimum absolute atomic E-state index is 0.00706. The van der Waals surface area contributed by atoms with E-state index in [1.807, 2.05) is 7.05 Å². The van der Waals surface area contributed by atoms with Gasteiger partial charge in [0.25, 0.3) is 0 Å². The molecule has 1 aliphatic carbocycles.